The molecule has 2 rings (SSSR count). The van der Waals surface area contributed by atoms with Gasteiger partial charge in [-0.05, 0) is 42.5 Å². The average Bonchev–Trinajstić information content (AvgIpc) is 2.77. The van der Waals surface area contributed by atoms with Crippen LogP contribution in [0.15, 0.2) is 24.3 Å². The molecule has 2 N–H and O–H groups in total. The zero-order valence-corrected chi connectivity index (χ0v) is 11.9. The zero-order chi connectivity index (χ0) is 13.7. The lowest BCUT2D eigenvalue weighted by atomic mass is 9.98. The van der Waals surface area contributed by atoms with Gasteiger partial charge in [-0.1, -0.05) is 31.9 Å². The molecule has 3 heteroatoms. The number of hydrogen-bond acceptors (Lipinski definition) is 2. The molecular formula is C16H24N2O. The highest BCUT2D eigenvalue weighted by Crippen LogP contribution is 2.30. The van der Waals surface area contributed by atoms with E-state index in [1.54, 1.807) is 0 Å². The molecule has 1 fully saturated rings. The van der Waals surface area contributed by atoms with Crippen molar-refractivity contribution in [2.24, 2.45) is 11.8 Å². The van der Waals surface area contributed by atoms with Crippen LogP contribution < -0.4 is 10.6 Å². The summed E-state index contributed by atoms with van der Waals surface area (Å²) < 4.78 is 0. The first-order chi connectivity index (χ1) is 9.15. The maximum absolute atomic E-state index is 10.9. The summed E-state index contributed by atoms with van der Waals surface area (Å²) in [4.78, 5) is 10.9. The van der Waals surface area contributed by atoms with Crippen molar-refractivity contribution in [3.63, 3.8) is 0 Å². The topological polar surface area (TPSA) is 41.1 Å². The van der Waals surface area contributed by atoms with Gasteiger partial charge in [0, 0.05) is 19.2 Å². The minimum Gasteiger partial charge on any atom is -0.326 e. The van der Waals surface area contributed by atoms with Gasteiger partial charge in [-0.3, -0.25) is 4.79 Å². The first-order valence-corrected chi connectivity index (χ1v) is 7.22. The Morgan fingerprint density at radius 2 is 2.00 bits per heavy atom. The third-order valence-corrected chi connectivity index (χ3v) is 4.05. The van der Waals surface area contributed by atoms with Gasteiger partial charge in [-0.15, -0.1) is 0 Å². The predicted octanol–water partition coefficient (Wildman–Crippen LogP) is 3.17. The average molecular weight is 260 g/mol. The molecule has 2 unspecified atom stereocenters. The molecule has 1 amide bonds. The number of carbonyl (C=O) groups excluding carboxylic acids is 1. The van der Waals surface area contributed by atoms with Crippen LogP contribution in [0.5, 0.6) is 0 Å². The van der Waals surface area contributed by atoms with E-state index in [4.69, 9.17) is 0 Å². The number of nitrogens with one attached hydrogen (secondary N) is 2. The molecule has 0 aliphatic heterocycles. The van der Waals surface area contributed by atoms with Crippen molar-refractivity contribution in [3.8, 4) is 0 Å². The standard InChI is InChI=1S/C16H24N2O/c1-12-4-3-5-15(12)11-17-10-14-6-8-16(9-7-14)18-13(2)19/h6-9,12,15,17H,3-5,10-11H2,1-2H3,(H,18,19). The van der Waals surface area contributed by atoms with Crippen molar-refractivity contribution < 1.29 is 4.79 Å². The van der Waals surface area contributed by atoms with Crippen LogP contribution in [0, 0.1) is 11.8 Å². The third-order valence-electron chi connectivity index (χ3n) is 4.05. The first-order valence-electron chi connectivity index (χ1n) is 7.22. The monoisotopic (exact) mass is 260 g/mol. The number of rotatable bonds is 5. The Bertz CT molecular complexity index is 413. The molecule has 0 saturated heterocycles. The highest BCUT2D eigenvalue weighted by molar-refractivity contribution is 5.88. The highest BCUT2D eigenvalue weighted by Gasteiger charge is 2.22. The Morgan fingerprint density at radius 1 is 1.26 bits per heavy atom. The lowest BCUT2D eigenvalue weighted by molar-refractivity contribution is -0.114. The molecule has 0 heterocycles. The number of amides is 1. The SMILES string of the molecule is CC(=O)Nc1ccc(CNCC2CCCC2C)cc1. The van der Waals surface area contributed by atoms with Gasteiger partial charge in [0.1, 0.15) is 0 Å². The van der Waals surface area contributed by atoms with E-state index in [2.05, 4.69) is 29.7 Å². The van der Waals surface area contributed by atoms with Gasteiger partial charge in [0.15, 0.2) is 0 Å². The van der Waals surface area contributed by atoms with Gasteiger partial charge >= 0.3 is 0 Å². The van der Waals surface area contributed by atoms with E-state index < -0.39 is 0 Å². The molecule has 0 aromatic heterocycles. The van der Waals surface area contributed by atoms with E-state index in [-0.39, 0.29) is 5.91 Å². The second-order valence-corrected chi connectivity index (χ2v) is 5.68. The minimum absolute atomic E-state index is 0.0268. The zero-order valence-electron chi connectivity index (χ0n) is 11.9. The molecule has 1 saturated carbocycles. The fourth-order valence-corrected chi connectivity index (χ4v) is 2.84. The van der Waals surface area contributed by atoms with Gasteiger partial charge in [0.2, 0.25) is 5.91 Å². The van der Waals surface area contributed by atoms with Crippen LogP contribution in [0.4, 0.5) is 5.69 Å². The fourth-order valence-electron chi connectivity index (χ4n) is 2.84. The van der Waals surface area contributed by atoms with Crippen molar-refractivity contribution in [2.45, 2.75) is 39.7 Å². The molecule has 3 nitrogen and oxygen atoms in total. The Kier molecular flexibility index (Phi) is 4.97. The van der Waals surface area contributed by atoms with Crippen LogP contribution in [-0.4, -0.2) is 12.5 Å². The summed E-state index contributed by atoms with van der Waals surface area (Å²) in [6, 6.07) is 8.04. The number of anilines is 1. The summed E-state index contributed by atoms with van der Waals surface area (Å²) >= 11 is 0. The van der Waals surface area contributed by atoms with E-state index in [0.29, 0.717) is 0 Å². The van der Waals surface area contributed by atoms with Crippen molar-refractivity contribution in [1.29, 1.82) is 0 Å². The highest BCUT2D eigenvalue weighted by atomic mass is 16.1. The molecule has 1 aliphatic rings. The lowest BCUT2D eigenvalue weighted by Gasteiger charge is -2.16. The van der Waals surface area contributed by atoms with Gasteiger partial charge in [-0.25, -0.2) is 0 Å². The number of benzene rings is 1. The van der Waals surface area contributed by atoms with Crippen LogP contribution in [0.25, 0.3) is 0 Å². The van der Waals surface area contributed by atoms with Crippen molar-refractivity contribution >= 4 is 11.6 Å². The molecule has 0 radical (unpaired) electrons. The normalized spacial score (nSPS) is 22.4. The number of carbonyl (C=O) groups is 1. The third kappa shape index (κ3) is 4.35. The van der Waals surface area contributed by atoms with Crippen molar-refractivity contribution in [3.05, 3.63) is 29.8 Å². The second-order valence-electron chi connectivity index (χ2n) is 5.68. The molecule has 1 aromatic rings. The van der Waals surface area contributed by atoms with Crippen LogP contribution in [0.2, 0.25) is 0 Å². The van der Waals surface area contributed by atoms with E-state index in [1.807, 2.05) is 12.1 Å². The summed E-state index contributed by atoms with van der Waals surface area (Å²) in [7, 11) is 0. The quantitative estimate of drug-likeness (QED) is 0.853. The van der Waals surface area contributed by atoms with Gasteiger partial charge in [0.05, 0.1) is 0 Å². The van der Waals surface area contributed by atoms with Crippen LogP contribution >= 0.6 is 0 Å². The summed E-state index contributed by atoms with van der Waals surface area (Å²) in [6.07, 6.45) is 4.15. The summed E-state index contributed by atoms with van der Waals surface area (Å²) in [5.74, 6) is 1.69. The maximum atomic E-state index is 10.9. The Morgan fingerprint density at radius 3 is 2.58 bits per heavy atom. The van der Waals surface area contributed by atoms with Crippen molar-refractivity contribution in [2.75, 3.05) is 11.9 Å². The van der Waals surface area contributed by atoms with E-state index in [9.17, 15) is 4.79 Å². The van der Waals surface area contributed by atoms with Gasteiger partial charge in [-0.2, -0.15) is 0 Å². The van der Waals surface area contributed by atoms with E-state index >= 15 is 0 Å². The molecule has 0 bridgehead atoms. The van der Waals surface area contributed by atoms with Crippen LogP contribution in [0.3, 0.4) is 0 Å². The Labute approximate surface area is 115 Å². The predicted molar refractivity (Wildman–Crippen MR) is 79.0 cm³/mol. The van der Waals surface area contributed by atoms with Gasteiger partial charge in [0.25, 0.3) is 0 Å². The maximum Gasteiger partial charge on any atom is 0.221 e. The smallest absolute Gasteiger partial charge is 0.221 e. The van der Waals surface area contributed by atoms with Crippen molar-refractivity contribution in [1.82, 2.24) is 5.32 Å². The molecular weight excluding hydrogens is 236 g/mol. The first kappa shape index (κ1) is 14.1. The summed E-state index contributed by atoms with van der Waals surface area (Å²) in [6.45, 7) is 5.91. The van der Waals surface area contributed by atoms with Gasteiger partial charge < -0.3 is 10.6 Å². The molecule has 0 spiro atoms. The molecule has 19 heavy (non-hydrogen) atoms. The lowest BCUT2D eigenvalue weighted by Crippen LogP contribution is -2.23. The largest absolute Gasteiger partial charge is 0.326 e. The Hall–Kier alpha value is -1.35. The molecule has 104 valence electrons. The second kappa shape index (κ2) is 6.71. The van der Waals surface area contributed by atoms with Crippen LogP contribution in [0.1, 0.15) is 38.7 Å². The van der Waals surface area contributed by atoms with E-state index in [0.717, 1.165) is 30.6 Å². The number of hydrogen-bond donors (Lipinski definition) is 2. The Balaban J connectivity index is 1.75. The van der Waals surface area contributed by atoms with Crippen LogP contribution in [-0.2, 0) is 11.3 Å². The molecule has 1 aliphatic carbocycles. The summed E-state index contributed by atoms with van der Waals surface area (Å²) in [5, 5.41) is 6.33. The summed E-state index contributed by atoms with van der Waals surface area (Å²) in [5.41, 5.74) is 2.13. The minimum atomic E-state index is -0.0268. The molecule has 1 aromatic carbocycles. The van der Waals surface area contributed by atoms with E-state index in [1.165, 1.54) is 31.7 Å². The fraction of sp³-hybridized carbons (Fsp3) is 0.562. The molecule has 2 atom stereocenters.